The smallest absolute Gasteiger partial charge is 0.307 e. The quantitative estimate of drug-likeness (QED) is 0.746. The third-order valence-electron chi connectivity index (χ3n) is 3.54. The summed E-state index contributed by atoms with van der Waals surface area (Å²) in [5, 5.41) is 0. The number of likely N-dealkylation sites (tertiary alicyclic amines) is 1. The van der Waals surface area contributed by atoms with Gasteiger partial charge in [-0.1, -0.05) is 6.92 Å². The normalized spacial score (nSPS) is 21.5. The van der Waals surface area contributed by atoms with Crippen molar-refractivity contribution in [3.8, 4) is 0 Å². The van der Waals surface area contributed by atoms with Crippen molar-refractivity contribution in [2.75, 3.05) is 13.7 Å². The third kappa shape index (κ3) is 4.29. The standard InChI is InChI=1S/C13H24N2O3/c1-3-10(14)8-12(16)15-7-5-4-6-11(15)9-13(17)18-2/h10-11H,3-9,14H2,1-2H3. The summed E-state index contributed by atoms with van der Waals surface area (Å²) >= 11 is 0. The lowest BCUT2D eigenvalue weighted by atomic mass is 9.98. The predicted octanol–water partition coefficient (Wildman–Crippen LogP) is 1.06. The fourth-order valence-electron chi connectivity index (χ4n) is 2.30. The van der Waals surface area contributed by atoms with Crippen LogP contribution in [-0.4, -0.2) is 42.5 Å². The number of piperidine rings is 1. The van der Waals surface area contributed by atoms with Crippen LogP contribution in [0.25, 0.3) is 0 Å². The number of nitrogens with two attached hydrogens (primary N) is 1. The van der Waals surface area contributed by atoms with Crippen LogP contribution in [0.2, 0.25) is 0 Å². The fraction of sp³-hybridized carbons (Fsp3) is 0.846. The van der Waals surface area contributed by atoms with Crippen LogP contribution >= 0.6 is 0 Å². The van der Waals surface area contributed by atoms with Gasteiger partial charge in [0, 0.05) is 25.0 Å². The number of rotatable bonds is 5. The van der Waals surface area contributed by atoms with E-state index in [-0.39, 0.29) is 24.0 Å². The summed E-state index contributed by atoms with van der Waals surface area (Å²) in [6.07, 6.45) is 4.40. The van der Waals surface area contributed by atoms with Gasteiger partial charge < -0.3 is 15.4 Å². The first-order valence-corrected chi connectivity index (χ1v) is 6.70. The zero-order valence-electron chi connectivity index (χ0n) is 11.4. The van der Waals surface area contributed by atoms with Crippen LogP contribution in [0.1, 0.15) is 45.4 Å². The number of esters is 1. The van der Waals surface area contributed by atoms with Crippen molar-refractivity contribution in [3.63, 3.8) is 0 Å². The van der Waals surface area contributed by atoms with Crippen molar-refractivity contribution in [1.29, 1.82) is 0 Å². The molecule has 1 aliphatic rings. The molecule has 0 bridgehead atoms. The molecule has 0 spiro atoms. The summed E-state index contributed by atoms with van der Waals surface area (Å²) in [6, 6.07) is -0.0963. The highest BCUT2D eigenvalue weighted by molar-refractivity contribution is 5.78. The van der Waals surface area contributed by atoms with Crippen molar-refractivity contribution >= 4 is 11.9 Å². The average molecular weight is 256 g/mol. The second-order valence-electron chi connectivity index (χ2n) is 4.89. The van der Waals surface area contributed by atoms with Crippen molar-refractivity contribution < 1.29 is 14.3 Å². The number of ether oxygens (including phenoxy) is 1. The van der Waals surface area contributed by atoms with E-state index in [1.807, 2.05) is 11.8 Å². The molecule has 2 N–H and O–H groups in total. The molecule has 0 aromatic heterocycles. The monoisotopic (exact) mass is 256 g/mol. The van der Waals surface area contributed by atoms with Crippen LogP contribution in [0.5, 0.6) is 0 Å². The van der Waals surface area contributed by atoms with Crippen LogP contribution in [-0.2, 0) is 14.3 Å². The van der Waals surface area contributed by atoms with Crippen LogP contribution in [0, 0.1) is 0 Å². The van der Waals surface area contributed by atoms with Gasteiger partial charge in [0.05, 0.1) is 13.5 Å². The summed E-state index contributed by atoms with van der Waals surface area (Å²) in [7, 11) is 1.38. The molecule has 0 saturated carbocycles. The van der Waals surface area contributed by atoms with Gasteiger partial charge in [0.2, 0.25) is 5.91 Å². The second kappa shape index (κ2) is 7.36. The average Bonchev–Trinajstić information content (AvgIpc) is 2.38. The van der Waals surface area contributed by atoms with Gasteiger partial charge in [-0.05, 0) is 25.7 Å². The minimum atomic E-state index is -0.250. The molecular formula is C13H24N2O3. The molecule has 1 saturated heterocycles. The van der Waals surface area contributed by atoms with E-state index >= 15 is 0 Å². The molecule has 2 unspecified atom stereocenters. The van der Waals surface area contributed by atoms with E-state index in [1.54, 1.807) is 0 Å². The van der Waals surface area contributed by atoms with Crippen LogP contribution in [0.3, 0.4) is 0 Å². The van der Waals surface area contributed by atoms with Gasteiger partial charge >= 0.3 is 5.97 Å². The molecule has 1 amide bonds. The molecule has 0 aromatic rings. The van der Waals surface area contributed by atoms with Crippen LogP contribution in [0.15, 0.2) is 0 Å². The van der Waals surface area contributed by atoms with E-state index < -0.39 is 0 Å². The van der Waals surface area contributed by atoms with Gasteiger partial charge in [-0.25, -0.2) is 0 Å². The van der Waals surface area contributed by atoms with E-state index in [9.17, 15) is 9.59 Å². The number of carbonyl (C=O) groups is 2. The molecule has 5 heteroatoms. The van der Waals surface area contributed by atoms with E-state index in [1.165, 1.54) is 7.11 Å². The highest BCUT2D eigenvalue weighted by Crippen LogP contribution is 2.21. The topological polar surface area (TPSA) is 72.6 Å². The summed E-state index contributed by atoms with van der Waals surface area (Å²) in [5.41, 5.74) is 5.81. The molecule has 5 nitrogen and oxygen atoms in total. The molecule has 18 heavy (non-hydrogen) atoms. The summed E-state index contributed by atoms with van der Waals surface area (Å²) in [6.45, 7) is 2.71. The van der Waals surface area contributed by atoms with E-state index in [0.717, 1.165) is 32.2 Å². The first kappa shape index (κ1) is 15.0. The van der Waals surface area contributed by atoms with Gasteiger partial charge in [-0.3, -0.25) is 9.59 Å². The predicted molar refractivity (Wildman–Crippen MR) is 68.9 cm³/mol. The largest absolute Gasteiger partial charge is 0.469 e. The van der Waals surface area contributed by atoms with Gasteiger partial charge in [0.15, 0.2) is 0 Å². The molecule has 0 aromatic carbocycles. The molecule has 1 rings (SSSR count). The number of methoxy groups -OCH3 is 1. The number of hydrogen-bond donors (Lipinski definition) is 1. The number of carbonyl (C=O) groups excluding carboxylic acids is 2. The summed E-state index contributed by atoms with van der Waals surface area (Å²) in [5.74, 6) is -0.183. The van der Waals surface area contributed by atoms with Gasteiger partial charge in [0.1, 0.15) is 0 Å². The van der Waals surface area contributed by atoms with E-state index in [4.69, 9.17) is 5.73 Å². The Morgan fingerprint density at radius 2 is 2.17 bits per heavy atom. The molecular weight excluding hydrogens is 232 g/mol. The van der Waals surface area contributed by atoms with Crippen LogP contribution in [0.4, 0.5) is 0 Å². The molecule has 1 aliphatic heterocycles. The van der Waals surface area contributed by atoms with Gasteiger partial charge in [-0.15, -0.1) is 0 Å². The maximum Gasteiger partial charge on any atom is 0.307 e. The first-order valence-electron chi connectivity index (χ1n) is 6.70. The summed E-state index contributed by atoms with van der Waals surface area (Å²) in [4.78, 5) is 25.3. The molecule has 0 radical (unpaired) electrons. The Balaban J connectivity index is 2.58. The Morgan fingerprint density at radius 3 is 2.78 bits per heavy atom. The van der Waals surface area contributed by atoms with Crippen molar-refractivity contribution in [3.05, 3.63) is 0 Å². The lowest BCUT2D eigenvalue weighted by Crippen LogP contribution is -2.46. The molecule has 2 atom stereocenters. The minimum absolute atomic E-state index is 0.0113. The Morgan fingerprint density at radius 1 is 1.44 bits per heavy atom. The van der Waals surface area contributed by atoms with Crippen molar-refractivity contribution in [1.82, 2.24) is 4.90 Å². The Bertz CT molecular complexity index is 294. The number of hydrogen-bond acceptors (Lipinski definition) is 4. The SMILES string of the molecule is CCC(N)CC(=O)N1CCCCC1CC(=O)OC. The minimum Gasteiger partial charge on any atom is -0.469 e. The fourth-order valence-corrected chi connectivity index (χ4v) is 2.30. The molecule has 1 heterocycles. The summed E-state index contributed by atoms with van der Waals surface area (Å²) < 4.78 is 4.68. The second-order valence-corrected chi connectivity index (χ2v) is 4.89. The van der Waals surface area contributed by atoms with Gasteiger partial charge in [-0.2, -0.15) is 0 Å². The molecule has 0 aliphatic carbocycles. The highest BCUT2D eigenvalue weighted by Gasteiger charge is 2.29. The Kier molecular flexibility index (Phi) is 6.12. The highest BCUT2D eigenvalue weighted by atomic mass is 16.5. The maximum atomic E-state index is 12.1. The molecule has 104 valence electrons. The van der Waals surface area contributed by atoms with Crippen LogP contribution < -0.4 is 5.73 Å². The Labute approximate surface area is 109 Å². The zero-order chi connectivity index (χ0) is 13.5. The van der Waals surface area contributed by atoms with Gasteiger partial charge in [0.25, 0.3) is 0 Å². The molecule has 1 fully saturated rings. The van der Waals surface area contributed by atoms with Crippen molar-refractivity contribution in [2.45, 2.75) is 57.5 Å². The zero-order valence-corrected chi connectivity index (χ0v) is 11.4. The number of nitrogens with zero attached hydrogens (tertiary/aromatic N) is 1. The lowest BCUT2D eigenvalue weighted by molar-refractivity contribution is -0.144. The van der Waals surface area contributed by atoms with E-state index in [0.29, 0.717) is 12.8 Å². The van der Waals surface area contributed by atoms with Crippen molar-refractivity contribution in [2.24, 2.45) is 5.73 Å². The maximum absolute atomic E-state index is 12.1. The number of amides is 1. The first-order chi connectivity index (χ1) is 8.58. The van der Waals surface area contributed by atoms with E-state index in [2.05, 4.69) is 4.74 Å². The third-order valence-corrected chi connectivity index (χ3v) is 3.54. The lowest BCUT2D eigenvalue weighted by Gasteiger charge is -2.35. The Hall–Kier alpha value is -1.10.